The van der Waals surface area contributed by atoms with E-state index < -0.39 is 0 Å². The minimum atomic E-state index is 0.00473. The second kappa shape index (κ2) is 6.93. The van der Waals surface area contributed by atoms with Crippen molar-refractivity contribution in [3.8, 4) is 17.6 Å². The van der Waals surface area contributed by atoms with E-state index >= 15 is 0 Å². The first-order chi connectivity index (χ1) is 11.2. The Morgan fingerprint density at radius 2 is 2.22 bits per heavy atom. The molecule has 0 saturated carbocycles. The number of ether oxygens (including phenoxy) is 1. The molecule has 1 amide bonds. The molecule has 0 radical (unpaired) electrons. The maximum Gasteiger partial charge on any atom is 0.263 e. The van der Waals surface area contributed by atoms with Crippen molar-refractivity contribution in [1.82, 2.24) is 5.32 Å². The summed E-state index contributed by atoms with van der Waals surface area (Å²) in [5.74, 6) is 7.15. The van der Waals surface area contributed by atoms with Crippen molar-refractivity contribution in [3.05, 3.63) is 23.1 Å². The predicted octanol–water partition coefficient (Wildman–Crippen LogP) is 3.26. The molecule has 5 heteroatoms. The van der Waals surface area contributed by atoms with Crippen LogP contribution in [-0.4, -0.2) is 32.1 Å². The van der Waals surface area contributed by atoms with E-state index in [2.05, 4.69) is 22.1 Å². The highest BCUT2D eigenvalue weighted by Gasteiger charge is 2.25. The summed E-state index contributed by atoms with van der Waals surface area (Å²) in [5, 5.41) is 4.05. The lowest BCUT2D eigenvalue weighted by molar-refractivity contribution is 0.0962. The van der Waals surface area contributed by atoms with Gasteiger partial charge in [0.1, 0.15) is 10.6 Å². The van der Waals surface area contributed by atoms with Crippen molar-refractivity contribution < 1.29 is 9.53 Å². The van der Waals surface area contributed by atoms with Crippen LogP contribution >= 0.6 is 11.3 Å². The fourth-order valence-corrected chi connectivity index (χ4v) is 3.84. The molecule has 0 saturated heterocycles. The molecule has 0 aliphatic carbocycles. The van der Waals surface area contributed by atoms with Gasteiger partial charge in [-0.3, -0.25) is 4.79 Å². The standard InChI is InChI=1S/C18H20N2O2S/c1-3-5-6-10-20-11-9-19-18(21)17-16(20)14-12-13(22-4-2)7-8-15(14)23-17/h7-8,12H,3-4,9-11H2,1-2H3,(H,19,21). The minimum Gasteiger partial charge on any atom is -0.494 e. The number of hydrogen-bond acceptors (Lipinski definition) is 4. The maximum absolute atomic E-state index is 12.4. The lowest BCUT2D eigenvalue weighted by Crippen LogP contribution is -2.30. The fraction of sp³-hybridized carbons (Fsp3) is 0.389. The molecule has 0 fully saturated rings. The molecular formula is C18H20N2O2S. The third-order valence-corrected chi connectivity index (χ3v) is 4.86. The Bertz CT molecular complexity index is 785. The van der Waals surface area contributed by atoms with Crippen molar-refractivity contribution in [3.63, 3.8) is 0 Å². The highest BCUT2D eigenvalue weighted by Crippen LogP contribution is 2.40. The number of rotatable bonds is 3. The Morgan fingerprint density at radius 1 is 1.35 bits per heavy atom. The number of carbonyl (C=O) groups is 1. The zero-order valence-corrected chi connectivity index (χ0v) is 14.3. The van der Waals surface area contributed by atoms with Crippen LogP contribution in [0, 0.1) is 11.8 Å². The SMILES string of the molecule is CCC#CCN1CCNC(=O)c2sc3ccc(OCC)cc3c21. The average Bonchev–Trinajstić information content (AvgIpc) is 2.85. The van der Waals surface area contributed by atoms with E-state index in [9.17, 15) is 4.79 Å². The van der Waals surface area contributed by atoms with Gasteiger partial charge in [0.25, 0.3) is 5.91 Å². The van der Waals surface area contributed by atoms with Crippen LogP contribution in [0.4, 0.5) is 5.69 Å². The molecule has 0 unspecified atom stereocenters. The van der Waals surface area contributed by atoms with Crippen LogP contribution < -0.4 is 15.0 Å². The van der Waals surface area contributed by atoms with Crippen molar-refractivity contribution >= 4 is 33.0 Å². The summed E-state index contributed by atoms with van der Waals surface area (Å²) in [4.78, 5) is 15.3. The molecule has 3 rings (SSSR count). The Kier molecular flexibility index (Phi) is 4.73. The van der Waals surface area contributed by atoms with Gasteiger partial charge in [-0.1, -0.05) is 12.8 Å². The normalized spacial score (nSPS) is 13.8. The van der Waals surface area contributed by atoms with Crippen LogP contribution in [-0.2, 0) is 0 Å². The maximum atomic E-state index is 12.4. The zero-order valence-electron chi connectivity index (χ0n) is 13.4. The molecule has 4 nitrogen and oxygen atoms in total. The number of fused-ring (bicyclic) bond motifs is 3. The van der Waals surface area contributed by atoms with Crippen molar-refractivity contribution in [2.75, 3.05) is 31.1 Å². The van der Waals surface area contributed by atoms with Gasteiger partial charge in [-0.25, -0.2) is 0 Å². The molecule has 1 aliphatic heterocycles. The zero-order chi connectivity index (χ0) is 16.2. The average molecular weight is 328 g/mol. The van der Waals surface area contributed by atoms with E-state index in [4.69, 9.17) is 4.74 Å². The number of anilines is 1. The lowest BCUT2D eigenvalue weighted by Gasteiger charge is -2.20. The Hall–Kier alpha value is -2.19. The van der Waals surface area contributed by atoms with Crippen LogP contribution in [0.15, 0.2) is 18.2 Å². The monoisotopic (exact) mass is 328 g/mol. The number of carbonyl (C=O) groups excluding carboxylic acids is 1. The predicted molar refractivity (Wildman–Crippen MR) is 95.6 cm³/mol. The van der Waals surface area contributed by atoms with E-state index in [0.717, 1.165) is 39.4 Å². The summed E-state index contributed by atoms with van der Waals surface area (Å²) in [6.45, 7) is 6.69. The van der Waals surface area contributed by atoms with Gasteiger partial charge in [-0.15, -0.1) is 17.3 Å². The smallest absolute Gasteiger partial charge is 0.263 e. The number of nitrogens with one attached hydrogen (secondary N) is 1. The summed E-state index contributed by atoms with van der Waals surface area (Å²) in [5.41, 5.74) is 0.993. The van der Waals surface area contributed by atoms with Gasteiger partial charge in [0, 0.05) is 29.6 Å². The summed E-state index contributed by atoms with van der Waals surface area (Å²) in [6.07, 6.45) is 0.844. The summed E-state index contributed by atoms with van der Waals surface area (Å²) in [7, 11) is 0. The fourth-order valence-electron chi connectivity index (χ4n) is 2.72. The summed E-state index contributed by atoms with van der Waals surface area (Å²) in [6, 6.07) is 6.02. The first kappa shape index (κ1) is 15.7. The van der Waals surface area contributed by atoms with Crippen molar-refractivity contribution in [1.29, 1.82) is 0 Å². The number of benzene rings is 1. The van der Waals surface area contributed by atoms with Crippen LogP contribution in [0.2, 0.25) is 0 Å². The number of hydrogen-bond donors (Lipinski definition) is 1. The lowest BCUT2D eigenvalue weighted by atomic mass is 10.2. The van der Waals surface area contributed by atoms with E-state index in [1.54, 1.807) is 0 Å². The van der Waals surface area contributed by atoms with Crippen LogP contribution in [0.25, 0.3) is 10.1 Å². The quantitative estimate of drug-likeness (QED) is 0.879. The highest BCUT2D eigenvalue weighted by molar-refractivity contribution is 7.21. The van der Waals surface area contributed by atoms with E-state index in [1.165, 1.54) is 11.3 Å². The molecular weight excluding hydrogens is 308 g/mol. The number of nitrogens with zero attached hydrogens (tertiary/aromatic N) is 1. The molecule has 1 aromatic heterocycles. The molecule has 23 heavy (non-hydrogen) atoms. The van der Waals surface area contributed by atoms with Gasteiger partial charge in [0.15, 0.2) is 0 Å². The molecule has 120 valence electrons. The first-order valence-corrected chi connectivity index (χ1v) is 8.74. The van der Waals surface area contributed by atoms with E-state index in [-0.39, 0.29) is 5.91 Å². The third-order valence-electron chi connectivity index (χ3n) is 3.71. The molecule has 0 spiro atoms. The van der Waals surface area contributed by atoms with Gasteiger partial charge in [0.2, 0.25) is 0 Å². The summed E-state index contributed by atoms with van der Waals surface area (Å²) < 4.78 is 6.72. The molecule has 1 aliphatic rings. The molecule has 2 aromatic rings. The van der Waals surface area contributed by atoms with Crippen LogP contribution in [0.5, 0.6) is 5.75 Å². The largest absolute Gasteiger partial charge is 0.494 e. The topological polar surface area (TPSA) is 41.6 Å². The third kappa shape index (κ3) is 3.13. The Labute approximate surface area is 140 Å². The number of amides is 1. The van der Waals surface area contributed by atoms with Crippen molar-refractivity contribution in [2.24, 2.45) is 0 Å². The van der Waals surface area contributed by atoms with Crippen molar-refractivity contribution in [2.45, 2.75) is 20.3 Å². The van der Waals surface area contributed by atoms with Gasteiger partial charge in [-0.05, 0) is 25.1 Å². The van der Waals surface area contributed by atoms with Gasteiger partial charge in [0.05, 0.1) is 18.8 Å². The molecule has 1 aromatic carbocycles. The minimum absolute atomic E-state index is 0.00473. The van der Waals surface area contributed by atoms with E-state index in [1.807, 2.05) is 32.0 Å². The molecule has 0 bridgehead atoms. The van der Waals surface area contributed by atoms with Gasteiger partial charge >= 0.3 is 0 Å². The molecule has 2 heterocycles. The van der Waals surface area contributed by atoms with Crippen LogP contribution in [0.1, 0.15) is 29.9 Å². The Morgan fingerprint density at radius 3 is 3.00 bits per heavy atom. The number of thiophene rings is 1. The van der Waals surface area contributed by atoms with Gasteiger partial charge in [-0.2, -0.15) is 0 Å². The van der Waals surface area contributed by atoms with Crippen LogP contribution in [0.3, 0.4) is 0 Å². The molecule has 0 atom stereocenters. The first-order valence-electron chi connectivity index (χ1n) is 7.92. The summed E-state index contributed by atoms with van der Waals surface area (Å²) >= 11 is 1.53. The van der Waals surface area contributed by atoms with Gasteiger partial charge < -0.3 is 15.0 Å². The second-order valence-electron chi connectivity index (χ2n) is 5.26. The molecule has 1 N–H and O–H groups in total. The van der Waals surface area contributed by atoms with E-state index in [0.29, 0.717) is 19.7 Å². The Balaban J connectivity index is 2.11. The second-order valence-corrected chi connectivity index (χ2v) is 6.31. The highest BCUT2D eigenvalue weighted by atomic mass is 32.1.